The third-order valence-corrected chi connectivity index (χ3v) is 3.12. The lowest BCUT2D eigenvalue weighted by molar-refractivity contribution is 0.161. The Kier molecular flexibility index (Phi) is 7.66. The Morgan fingerprint density at radius 2 is 2.24 bits per heavy atom. The van der Waals surface area contributed by atoms with Gasteiger partial charge in [0.1, 0.15) is 5.82 Å². The van der Waals surface area contributed by atoms with Crippen LogP contribution in [0.1, 0.15) is 11.1 Å². The van der Waals surface area contributed by atoms with Gasteiger partial charge in [0.05, 0.1) is 6.61 Å². The van der Waals surface area contributed by atoms with Crippen LogP contribution in [0.15, 0.2) is 23.4 Å². The number of halogens is 1. The number of hydrogen-bond donors (Lipinski definition) is 3. The van der Waals surface area contributed by atoms with Gasteiger partial charge in [-0.25, -0.2) is 4.39 Å². The van der Waals surface area contributed by atoms with Gasteiger partial charge in [-0.05, 0) is 24.7 Å². The van der Waals surface area contributed by atoms with Crippen molar-refractivity contribution in [3.8, 4) is 0 Å². The molecule has 0 saturated heterocycles. The van der Waals surface area contributed by atoms with Gasteiger partial charge >= 0.3 is 0 Å². The van der Waals surface area contributed by atoms with E-state index in [1.54, 1.807) is 13.2 Å². The molecule has 1 aromatic carbocycles. The molecule has 1 aromatic rings. The number of ether oxygens (including phenoxy) is 1. The highest BCUT2D eigenvalue weighted by molar-refractivity contribution is 5.98. The molecule has 21 heavy (non-hydrogen) atoms. The van der Waals surface area contributed by atoms with Crippen molar-refractivity contribution < 1.29 is 14.3 Å². The van der Waals surface area contributed by atoms with Gasteiger partial charge < -0.3 is 25.9 Å². The number of amidine groups is 1. The van der Waals surface area contributed by atoms with Crippen molar-refractivity contribution in [3.63, 3.8) is 0 Å². The first-order valence-electron chi connectivity index (χ1n) is 6.73. The molecule has 0 aliphatic rings. The van der Waals surface area contributed by atoms with Gasteiger partial charge in [-0.15, -0.1) is 0 Å². The second kappa shape index (κ2) is 9.28. The molecule has 118 valence electrons. The molecule has 0 heterocycles. The van der Waals surface area contributed by atoms with E-state index < -0.39 is 5.82 Å². The second-order valence-corrected chi connectivity index (χ2v) is 4.76. The Balaban J connectivity index is 2.48. The van der Waals surface area contributed by atoms with E-state index in [2.05, 4.69) is 15.4 Å². The quantitative estimate of drug-likeness (QED) is 0.204. The molecule has 0 aromatic heterocycles. The molecule has 7 heteroatoms. The first-order chi connectivity index (χ1) is 10.1. The summed E-state index contributed by atoms with van der Waals surface area (Å²) in [5, 5.41) is 14.9. The SMILES string of the molecule is COCCN(C)CCNCc1ccc(F)cc1C(N)=NO. The van der Waals surface area contributed by atoms with Gasteiger partial charge in [-0.2, -0.15) is 0 Å². The van der Waals surface area contributed by atoms with Gasteiger partial charge in [0.2, 0.25) is 0 Å². The Morgan fingerprint density at radius 1 is 1.48 bits per heavy atom. The van der Waals surface area contributed by atoms with Crippen molar-refractivity contribution in [2.75, 3.05) is 40.4 Å². The summed E-state index contributed by atoms with van der Waals surface area (Å²) in [5.74, 6) is -0.511. The van der Waals surface area contributed by atoms with E-state index in [0.717, 1.165) is 25.2 Å². The molecule has 0 spiro atoms. The number of nitrogens with one attached hydrogen (secondary N) is 1. The van der Waals surface area contributed by atoms with Crippen LogP contribution >= 0.6 is 0 Å². The van der Waals surface area contributed by atoms with Crippen molar-refractivity contribution in [1.82, 2.24) is 10.2 Å². The van der Waals surface area contributed by atoms with Crippen LogP contribution in [0.3, 0.4) is 0 Å². The molecule has 0 saturated carbocycles. The monoisotopic (exact) mass is 298 g/mol. The number of oxime groups is 1. The van der Waals surface area contributed by atoms with Crippen LogP contribution in [-0.2, 0) is 11.3 Å². The fourth-order valence-corrected chi connectivity index (χ4v) is 1.85. The van der Waals surface area contributed by atoms with Gasteiger partial charge in [-0.3, -0.25) is 0 Å². The molecular formula is C14H23FN4O2. The van der Waals surface area contributed by atoms with E-state index in [0.29, 0.717) is 18.7 Å². The third kappa shape index (κ3) is 6.07. The highest BCUT2D eigenvalue weighted by Gasteiger charge is 2.08. The predicted molar refractivity (Wildman–Crippen MR) is 80.0 cm³/mol. The molecule has 4 N–H and O–H groups in total. The zero-order valence-corrected chi connectivity index (χ0v) is 12.5. The molecule has 0 aliphatic heterocycles. The molecule has 0 unspecified atom stereocenters. The zero-order valence-electron chi connectivity index (χ0n) is 12.5. The molecule has 6 nitrogen and oxygen atoms in total. The molecule has 0 fully saturated rings. The van der Waals surface area contributed by atoms with E-state index in [1.807, 2.05) is 7.05 Å². The lowest BCUT2D eigenvalue weighted by atomic mass is 10.1. The maximum atomic E-state index is 13.2. The molecule has 1 rings (SSSR count). The number of methoxy groups -OCH3 is 1. The first-order valence-corrected chi connectivity index (χ1v) is 6.73. The fraction of sp³-hybridized carbons (Fsp3) is 0.500. The standard InChI is InChI=1S/C14H23FN4O2/c1-19(7-8-21-2)6-5-17-10-11-3-4-12(15)9-13(11)14(16)18-20/h3-4,9,17,20H,5-8,10H2,1-2H3,(H2,16,18). The van der Waals surface area contributed by atoms with Crippen LogP contribution < -0.4 is 11.1 Å². The summed E-state index contributed by atoms with van der Waals surface area (Å²) in [6.45, 7) is 3.72. The molecule has 0 radical (unpaired) electrons. The number of likely N-dealkylation sites (N-methyl/N-ethyl adjacent to an activating group) is 1. The fourth-order valence-electron chi connectivity index (χ4n) is 1.85. The van der Waals surface area contributed by atoms with Gasteiger partial charge in [-0.1, -0.05) is 11.2 Å². The molecule has 0 bridgehead atoms. The summed E-state index contributed by atoms with van der Waals surface area (Å²) in [4.78, 5) is 2.14. The Hall–Kier alpha value is -1.70. The van der Waals surface area contributed by atoms with Crippen molar-refractivity contribution in [2.45, 2.75) is 6.54 Å². The van der Waals surface area contributed by atoms with Crippen LogP contribution in [0.25, 0.3) is 0 Å². The number of nitrogens with two attached hydrogens (primary N) is 1. The topological polar surface area (TPSA) is 83.1 Å². The van der Waals surface area contributed by atoms with Crippen molar-refractivity contribution >= 4 is 5.84 Å². The number of hydrogen-bond acceptors (Lipinski definition) is 5. The van der Waals surface area contributed by atoms with Gasteiger partial charge in [0.15, 0.2) is 5.84 Å². The van der Waals surface area contributed by atoms with Crippen LogP contribution in [0.5, 0.6) is 0 Å². The second-order valence-electron chi connectivity index (χ2n) is 4.76. The van der Waals surface area contributed by atoms with Crippen molar-refractivity contribution in [2.24, 2.45) is 10.9 Å². The van der Waals surface area contributed by atoms with Crippen molar-refractivity contribution in [3.05, 3.63) is 35.1 Å². The van der Waals surface area contributed by atoms with Crippen molar-refractivity contribution in [1.29, 1.82) is 0 Å². The number of rotatable bonds is 9. The molecule has 0 atom stereocenters. The van der Waals surface area contributed by atoms with E-state index >= 15 is 0 Å². The molecular weight excluding hydrogens is 275 g/mol. The van der Waals surface area contributed by atoms with Crippen LogP contribution in [0, 0.1) is 5.82 Å². The van der Waals surface area contributed by atoms with E-state index in [9.17, 15) is 4.39 Å². The van der Waals surface area contributed by atoms with E-state index in [4.69, 9.17) is 15.7 Å². The number of benzene rings is 1. The van der Waals surface area contributed by atoms with Gasteiger partial charge in [0, 0.05) is 38.9 Å². The van der Waals surface area contributed by atoms with Gasteiger partial charge in [0.25, 0.3) is 0 Å². The zero-order chi connectivity index (χ0) is 15.7. The van der Waals surface area contributed by atoms with E-state index in [-0.39, 0.29) is 5.84 Å². The average molecular weight is 298 g/mol. The maximum absolute atomic E-state index is 13.2. The highest BCUT2D eigenvalue weighted by atomic mass is 19.1. The average Bonchev–Trinajstić information content (AvgIpc) is 2.49. The third-order valence-electron chi connectivity index (χ3n) is 3.12. The minimum atomic E-state index is -0.417. The normalized spacial score (nSPS) is 12.1. The number of nitrogens with zero attached hydrogens (tertiary/aromatic N) is 2. The maximum Gasteiger partial charge on any atom is 0.170 e. The summed E-state index contributed by atoms with van der Waals surface area (Å²) < 4.78 is 18.2. The minimum Gasteiger partial charge on any atom is -0.409 e. The van der Waals surface area contributed by atoms with E-state index in [1.165, 1.54) is 12.1 Å². The summed E-state index contributed by atoms with van der Waals surface area (Å²) in [6, 6.07) is 4.25. The summed E-state index contributed by atoms with van der Waals surface area (Å²) in [6.07, 6.45) is 0. The Morgan fingerprint density at radius 3 is 2.90 bits per heavy atom. The summed E-state index contributed by atoms with van der Waals surface area (Å²) >= 11 is 0. The Bertz CT molecular complexity index is 468. The van der Waals surface area contributed by atoms with Crippen LogP contribution in [0.2, 0.25) is 0 Å². The minimum absolute atomic E-state index is 0.0940. The predicted octanol–water partition coefficient (Wildman–Crippen LogP) is 0.588. The van der Waals surface area contributed by atoms with Crippen LogP contribution in [-0.4, -0.2) is 56.3 Å². The molecule has 0 aliphatic carbocycles. The summed E-state index contributed by atoms with van der Waals surface area (Å²) in [7, 11) is 3.69. The lowest BCUT2D eigenvalue weighted by Crippen LogP contribution is -2.31. The van der Waals surface area contributed by atoms with Crippen LogP contribution in [0.4, 0.5) is 4.39 Å². The smallest absolute Gasteiger partial charge is 0.170 e. The first kappa shape index (κ1) is 17.4. The highest BCUT2D eigenvalue weighted by Crippen LogP contribution is 2.11. The lowest BCUT2D eigenvalue weighted by Gasteiger charge is -2.16. The summed E-state index contributed by atoms with van der Waals surface area (Å²) in [5.41, 5.74) is 6.74. The largest absolute Gasteiger partial charge is 0.409 e. The molecule has 0 amide bonds. The Labute approximate surface area is 124 Å².